The maximum absolute atomic E-state index is 12.2. The van der Waals surface area contributed by atoms with Crippen molar-refractivity contribution in [2.45, 2.75) is 12.2 Å². The molecule has 3 rings (SSSR count). The number of benzene rings is 2. The molecule has 3 aromatic rings. The molecule has 5 heteroatoms. The lowest BCUT2D eigenvalue weighted by Crippen LogP contribution is -2.04. The molecule has 118 valence electrons. The molecule has 1 aromatic heterocycles. The SMILES string of the molecule is O=S(CCc1ccccc1)Cc1coc(-c2cccc(Cl)c2)n1. The molecule has 0 amide bonds. The van der Waals surface area contributed by atoms with Crippen LogP contribution < -0.4 is 0 Å². The number of oxazole rings is 1. The van der Waals surface area contributed by atoms with Crippen LogP contribution >= 0.6 is 11.6 Å². The Morgan fingerprint density at radius 1 is 1.09 bits per heavy atom. The number of aromatic nitrogens is 1. The number of halogens is 1. The fourth-order valence-corrected chi connectivity index (χ4v) is 3.50. The first-order valence-corrected chi connectivity index (χ1v) is 9.16. The summed E-state index contributed by atoms with van der Waals surface area (Å²) in [5, 5.41) is 0.633. The lowest BCUT2D eigenvalue weighted by molar-refractivity contribution is 0.573. The van der Waals surface area contributed by atoms with Gasteiger partial charge in [0.1, 0.15) is 6.26 Å². The highest BCUT2D eigenvalue weighted by molar-refractivity contribution is 7.84. The maximum Gasteiger partial charge on any atom is 0.226 e. The molecule has 0 saturated carbocycles. The van der Waals surface area contributed by atoms with E-state index in [-0.39, 0.29) is 0 Å². The average Bonchev–Trinajstić information content (AvgIpc) is 3.02. The Bertz CT molecular complexity index is 802. The van der Waals surface area contributed by atoms with Crippen LogP contribution in [0.4, 0.5) is 0 Å². The molecule has 1 heterocycles. The highest BCUT2D eigenvalue weighted by Crippen LogP contribution is 2.22. The van der Waals surface area contributed by atoms with Gasteiger partial charge in [-0.3, -0.25) is 4.21 Å². The van der Waals surface area contributed by atoms with Crippen molar-refractivity contribution in [3.05, 3.63) is 77.1 Å². The van der Waals surface area contributed by atoms with Crippen molar-refractivity contribution in [1.82, 2.24) is 4.98 Å². The minimum atomic E-state index is -0.968. The molecule has 0 aliphatic rings. The summed E-state index contributed by atoms with van der Waals surface area (Å²) < 4.78 is 17.7. The number of nitrogens with zero attached hydrogens (tertiary/aromatic N) is 1. The number of hydrogen-bond acceptors (Lipinski definition) is 3. The molecule has 23 heavy (non-hydrogen) atoms. The Labute approximate surface area is 142 Å². The molecule has 0 aliphatic carbocycles. The molecule has 0 bridgehead atoms. The molecule has 1 unspecified atom stereocenters. The molecule has 0 saturated heterocycles. The van der Waals surface area contributed by atoms with Crippen molar-refractivity contribution in [2.24, 2.45) is 0 Å². The molecule has 0 spiro atoms. The molecule has 2 aromatic carbocycles. The van der Waals surface area contributed by atoms with Gasteiger partial charge in [0, 0.05) is 27.1 Å². The van der Waals surface area contributed by atoms with Crippen molar-refractivity contribution < 1.29 is 8.63 Å². The van der Waals surface area contributed by atoms with Crippen LogP contribution in [0.3, 0.4) is 0 Å². The fourth-order valence-electron chi connectivity index (χ4n) is 2.24. The number of aryl methyl sites for hydroxylation is 1. The molecule has 1 atom stereocenters. The van der Waals surface area contributed by atoms with E-state index in [2.05, 4.69) is 4.98 Å². The van der Waals surface area contributed by atoms with Crippen LogP contribution in [0.1, 0.15) is 11.3 Å². The van der Waals surface area contributed by atoms with Gasteiger partial charge in [0.2, 0.25) is 5.89 Å². The third-order valence-corrected chi connectivity index (χ3v) is 4.91. The van der Waals surface area contributed by atoms with Gasteiger partial charge in [-0.2, -0.15) is 0 Å². The number of hydrogen-bond donors (Lipinski definition) is 0. The van der Waals surface area contributed by atoms with E-state index in [1.807, 2.05) is 42.5 Å². The second-order valence-corrected chi connectivity index (χ2v) is 7.19. The van der Waals surface area contributed by atoms with E-state index in [1.165, 1.54) is 5.56 Å². The van der Waals surface area contributed by atoms with E-state index in [0.717, 1.165) is 12.0 Å². The quantitative estimate of drug-likeness (QED) is 0.661. The van der Waals surface area contributed by atoms with Crippen LogP contribution in [0.25, 0.3) is 11.5 Å². The van der Waals surface area contributed by atoms with E-state index in [9.17, 15) is 4.21 Å². The monoisotopic (exact) mass is 345 g/mol. The van der Waals surface area contributed by atoms with Crippen LogP contribution in [0, 0.1) is 0 Å². The molecular formula is C18H16ClNO2S. The lowest BCUT2D eigenvalue weighted by Gasteiger charge is -2.00. The maximum atomic E-state index is 12.2. The first-order chi connectivity index (χ1) is 11.2. The average molecular weight is 346 g/mol. The zero-order valence-electron chi connectivity index (χ0n) is 12.4. The molecule has 3 nitrogen and oxygen atoms in total. The Morgan fingerprint density at radius 3 is 2.70 bits per heavy atom. The summed E-state index contributed by atoms with van der Waals surface area (Å²) in [7, 11) is -0.968. The van der Waals surface area contributed by atoms with E-state index in [1.54, 1.807) is 18.4 Å². The second kappa shape index (κ2) is 7.57. The van der Waals surface area contributed by atoms with Crippen LogP contribution in [-0.2, 0) is 23.0 Å². The van der Waals surface area contributed by atoms with Crippen LogP contribution in [0.5, 0.6) is 0 Å². The van der Waals surface area contributed by atoms with E-state index in [0.29, 0.717) is 28.1 Å². The summed E-state index contributed by atoms with van der Waals surface area (Å²) in [5.74, 6) is 1.52. The Kier molecular flexibility index (Phi) is 5.26. The zero-order chi connectivity index (χ0) is 16.1. The highest BCUT2D eigenvalue weighted by Gasteiger charge is 2.10. The summed E-state index contributed by atoms with van der Waals surface area (Å²) in [6, 6.07) is 17.4. The largest absolute Gasteiger partial charge is 0.444 e. The van der Waals surface area contributed by atoms with Crippen molar-refractivity contribution in [3.8, 4) is 11.5 Å². The predicted octanol–water partition coefficient (Wildman–Crippen LogP) is 4.49. The van der Waals surface area contributed by atoms with Gasteiger partial charge in [-0.25, -0.2) is 4.98 Å². The molecule has 0 N–H and O–H groups in total. The lowest BCUT2D eigenvalue weighted by atomic mass is 10.2. The van der Waals surface area contributed by atoms with Gasteiger partial charge in [-0.1, -0.05) is 48.0 Å². The van der Waals surface area contributed by atoms with Crippen molar-refractivity contribution >= 4 is 22.4 Å². The Morgan fingerprint density at radius 2 is 1.91 bits per heavy atom. The predicted molar refractivity (Wildman–Crippen MR) is 93.8 cm³/mol. The molecule has 0 radical (unpaired) electrons. The van der Waals surface area contributed by atoms with Gasteiger partial charge in [0.15, 0.2) is 0 Å². The summed E-state index contributed by atoms with van der Waals surface area (Å²) in [5.41, 5.74) is 2.71. The van der Waals surface area contributed by atoms with Gasteiger partial charge in [0.25, 0.3) is 0 Å². The third kappa shape index (κ3) is 4.53. The van der Waals surface area contributed by atoms with E-state index >= 15 is 0 Å². The van der Waals surface area contributed by atoms with Gasteiger partial charge in [-0.15, -0.1) is 0 Å². The Hall–Kier alpha value is -1.91. The highest BCUT2D eigenvalue weighted by atomic mass is 35.5. The van der Waals surface area contributed by atoms with Crippen LogP contribution in [0.2, 0.25) is 5.02 Å². The van der Waals surface area contributed by atoms with Crippen molar-refractivity contribution in [1.29, 1.82) is 0 Å². The van der Waals surface area contributed by atoms with Crippen LogP contribution in [-0.4, -0.2) is 14.9 Å². The second-order valence-electron chi connectivity index (χ2n) is 5.18. The normalized spacial score (nSPS) is 12.2. The van der Waals surface area contributed by atoms with Crippen molar-refractivity contribution in [2.75, 3.05) is 5.75 Å². The number of rotatable bonds is 6. The molecule has 0 fully saturated rings. The first-order valence-electron chi connectivity index (χ1n) is 7.30. The molecular weight excluding hydrogens is 330 g/mol. The van der Waals surface area contributed by atoms with Gasteiger partial charge < -0.3 is 4.42 Å². The standard InChI is InChI=1S/C18H16ClNO2S/c19-16-8-4-7-15(11-16)18-20-17(12-22-18)13-23(21)10-9-14-5-2-1-3-6-14/h1-8,11-12H,9-10,13H2. The zero-order valence-corrected chi connectivity index (χ0v) is 14.0. The minimum absolute atomic E-state index is 0.400. The van der Waals surface area contributed by atoms with Crippen molar-refractivity contribution in [3.63, 3.8) is 0 Å². The summed E-state index contributed by atoms with van der Waals surface area (Å²) in [4.78, 5) is 4.40. The summed E-state index contributed by atoms with van der Waals surface area (Å²) >= 11 is 5.97. The Balaban J connectivity index is 1.59. The first kappa shape index (κ1) is 16.0. The van der Waals surface area contributed by atoms with E-state index < -0.39 is 10.8 Å². The van der Waals surface area contributed by atoms with Crippen LogP contribution in [0.15, 0.2) is 65.3 Å². The third-order valence-electron chi connectivity index (χ3n) is 3.39. The topological polar surface area (TPSA) is 43.1 Å². The van der Waals surface area contributed by atoms with Gasteiger partial charge >= 0.3 is 0 Å². The fraction of sp³-hybridized carbons (Fsp3) is 0.167. The summed E-state index contributed by atoms with van der Waals surface area (Å²) in [6.45, 7) is 0. The smallest absolute Gasteiger partial charge is 0.226 e. The van der Waals surface area contributed by atoms with Gasteiger partial charge in [-0.05, 0) is 30.2 Å². The summed E-state index contributed by atoms with van der Waals surface area (Å²) in [6.07, 6.45) is 2.36. The minimum Gasteiger partial charge on any atom is -0.444 e. The molecule has 0 aliphatic heterocycles. The van der Waals surface area contributed by atoms with Gasteiger partial charge in [0.05, 0.1) is 11.4 Å². The van der Waals surface area contributed by atoms with E-state index in [4.69, 9.17) is 16.0 Å².